The molecule has 4 nitrogen and oxygen atoms in total. The second-order valence-electron chi connectivity index (χ2n) is 5.70. The number of carbonyl (C=O) groups excluding carboxylic acids is 1. The minimum absolute atomic E-state index is 0.212. The fraction of sp³-hybridized carbons (Fsp3) is 0.471. The van der Waals surface area contributed by atoms with Crippen molar-refractivity contribution < 1.29 is 14.6 Å². The van der Waals surface area contributed by atoms with E-state index in [1.807, 2.05) is 31.2 Å². The van der Waals surface area contributed by atoms with E-state index in [1.165, 1.54) is 0 Å². The Bertz CT molecular complexity index is 647. The van der Waals surface area contributed by atoms with Crippen molar-refractivity contribution in [3.05, 3.63) is 35.5 Å². The molecule has 1 aliphatic carbocycles. The largest absolute Gasteiger partial charge is 0.461 e. The lowest BCUT2D eigenvalue weighted by Crippen LogP contribution is -2.20. The summed E-state index contributed by atoms with van der Waals surface area (Å²) >= 11 is 0. The molecule has 0 bridgehead atoms. The van der Waals surface area contributed by atoms with Gasteiger partial charge in [0.15, 0.2) is 0 Å². The van der Waals surface area contributed by atoms with E-state index in [4.69, 9.17) is 4.74 Å². The summed E-state index contributed by atoms with van der Waals surface area (Å²) < 4.78 is 5.18. The second kappa shape index (κ2) is 5.90. The predicted octanol–water partition coefficient (Wildman–Crippen LogP) is 3.36. The van der Waals surface area contributed by atoms with E-state index in [1.54, 1.807) is 0 Å². The first-order valence-electron chi connectivity index (χ1n) is 7.66. The molecule has 2 N–H and O–H groups in total. The first-order valence-corrected chi connectivity index (χ1v) is 7.66. The zero-order chi connectivity index (χ0) is 14.8. The normalized spacial score (nSPS) is 22.4. The number of nitrogens with one attached hydrogen (secondary N) is 1. The number of ether oxygens (including phenoxy) is 1. The van der Waals surface area contributed by atoms with Gasteiger partial charge in [0.2, 0.25) is 0 Å². The van der Waals surface area contributed by atoms with Gasteiger partial charge in [0, 0.05) is 10.9 Å². The lowest BCUT2D eigenvalue weighted by molar-refractivity contribution is 0.0516. The smallest absolute Gasteiger partial charge is 0.355 e. The van der Waals surface area contributed by atoms with E-state index in [2.05, 4.69) is 4.98 Å². The molecule has 1 fully saturated rings. The summed E-state index contributed by atoms with van der Waals surface area (Å²) in [5.41, 5.74) is 2.52. The van der Waals surface area contributed by atoms with Gasteiger partial charge < -0.3 is 14.8 Å². The van der Waals surface area contributed by atoms with Crippen LogP contribution in [0, 0.1) is 0 Å². The second-order valence-corrected chi connectivity index (χ2v) is 5.70. The van der Waals surface area contributed by atoms with Crippen molar-refractivity contribution in [2.24, 2.45) is 0 Å². The third kappa shape index (κ3) is 2.68. The van der Waals surface area contributed by atoms with Gasteiger partial charge in [-0.25, -0.2) is 4.79 Å². The summed E-state index contributed by atoms with van der Waals surface area (Å²) in [4.78, 5) is 15.4. The highest BCUT2D eigenvalue weighted by atomic mass is 16.5. The zero-order valence-electron chi connectivity index (χ0n) is 12.3. The van der Waals surface area contributed by atoms with Crippen molar-refractivity contribution in [1.29, 1.82) is 0 Å². The summed E-state index contributed by atoms with van der Waals surface area (Å²) in [5.74, 6) is -0.0898. The fourth-order valence-corrected chi connectivity index (χ4v) is 3.38. The van der Waals surface area contributed by atoms with Crippen molar-refractivity contribution in [1.82, 2.24) is 4.98 Å². The van der Waals surface area contributed by atoms with E-state index >= 15 is 0 Å². The molecule has 4 heteroatoms. The van der Waals surface area contributed by atoms with Crippen LogP contribution >= 0.6 is 0 Å². The number of aliphatic hydroxyl groups excluding tert-OH is 1. The molecular formula is C17H21NO3. The maximum absolute atomic E-state index is 12.2. The Morgan fingerprint density at radius 2 is 2.19 bits per heavy atom. The molecule has 3 rings (SSSR count). The van der Waals surface area contributed by atoms with E-state index in [0.29, 0.717) is 18.7 Å². The summed E-state index contributed by atoms with van der Waals surface area (Å²) in [5, 5.41) is 11.0. The number of aromatic amines is 1. The lowest BCUT2D eigenvalue weighted by Gasteiger charge is -2.26. The average molecular weight is 287 g/mol. The monoisotopic (exact) mass is 287 g/mol. The summed E-state index contributed by atoms with van der Waals surface area (Å²) in [7, 11) is 0. The molecular weight excluding hydrogens is 266 g/mol. The zero-order valence-corrected chi connectivity index (χ0v) is 12.3. The average Bonchev–Trinajstić information content (AvgIpc) is 2.87. The Morgan fingerprint density at radius 3 is 2.95 bits per heavy atom. The molecule has 2 atom stereocenters. The summed E-state index contributed by atoms with van der Waals surface area (Å²) in [6.07, 6.45) is 3.30. The predicted molar refractivity (Wildman–Crippen MR) is 81.5 cm³/mol. The van der Waals surface area contributed by atoms with E-state index < -0.39 is 0 Å². The number of H-pyrrole nitrogens is 1. The van der Waals surface area contributed by atoms with Crippen LogP contribution in [-0.4, -0.2) is 28.8 Å². The van der Waals surface area contributed by atoms with Gasteiger partial charge in [0.05, 0.1) is 12.7 Å². The first kappa shape index (κ1) is 14.1. The number of para-hydroxylation sites is 1. The number of aliphatic hydroxyl groups is 1. The maximum atomic E-state index is 12.2. The van der Waals surface area contributed by atoms with Crippen LogP contribution in [0.15, 0.2) is 24.3 Å². The van der Waals surface area contributed by atoms with Gasteiger partial charge >= 0.3 is 5.97 Å². The van der Waals surface area contributed by atoms with Crippen LogP contribution in [0.4, 0.5) is 0 Å². The molecule has 112 valence electrons. The highest BCUT2D eigenvalue weighted by Crippen LogP contribution is 2.39. The molecule has 2 unspecified atom stereocenters. The van der Waals surface area contributed by atoms with Crippen LogP contribution < -0.4 is 0 Å². The van der Waals surface area contributed by atoms with Gasteiger partial charge in [-0.15, -0.1) is 0 Å². The quantitative estimate of drug-likeness (QED) is 0.851. The number of hydrogen-bond donors (Lipinski definition) is 2. The van der Waals surface area contributed by atoms with Crippen LogP contribution in [-0.2, 0) is 4.74 Å². The number of aromatic nitrogens is 1. The number of hydrogen-bond acceptors (Lipinski definition) is 3. The molecule has 1 aromatic heterocycles. The highest BCUT2D eigenvalue weighted by molar-refractivity contribution is 5.98. The van der Waals surface area contributed by atoms with Gasteiger partial charge in [-0.2, -0.15) is 0 Å². The van der Waals surface area contributed by atoms with Gasteiger partial charge in [-0.1, -0.05) is 24.6 Å². The number of benzene rings is 1. The third-order valence-corrected chi connectivity index (χ3v) is 4.28. The van der Waals surface area contributed by atoms with Crippen molar-refractivity contribution >= 4 is 16.9 Å². The molecule has 1 saturated carbocycles. The number of fused-ring (bicyclic) bond motifs is 1. The highest BCUT2D eigenvalue weighted by Gasteiger charge is 2.29. The van der Waals surface area contributed by atoms with Crippen LogP contribution in [0.2, 0.25) is 0 Å². The molecule has 1 heterocycles. The van der Waals surface area contributed by atoms with Crippen molar-refractivity contribution in [2.45, 2.75) is 44.6 Å². The summed E-state index contributed by atoms with van der Waals surface area (Å²) in [6, 6.07) is 7.94. The Labute approximate surface area is 124 Å². The topological polar surface area (TPSA) is 62.3 Å². The SMILES string of the molecule is CCOC(=O)c1[nH]c2ccccc2c1C1CCCC(O)C1. The van der Waals surface area contributed by atoms with Gasteiger partial charge in [0.25, 0.3) is 0 Å². The molecule has 0 radical (unpaired) electrons. The number of carbonyl (C=O) groups is 1. The first-order chi connectivity index (χ1) is 10.2. The van der Waals surface area contributed by atoms with Crippen molar-refractivity contribution in [3.63, 3.8) is 0 Å². The Kier molecular flexibility index (Phi) is 3.97. The van der Waals surface area contributed by atoms with E-state index in [9.17, 15) is 9.90 Å². The minimum Gasteiger partial charge on any atom is -0.461 e. The Hall–Kier alpha value is -1.81. The van der Waals surface area contributed by atoms with Gasteiger partial charge in [-0.3, -0.25) is 0 Å². The number of rotatable bonds is 3. The molecule has 2 aromatic rings. The minimum atomic E-state index is -0.302. The van der Waals surface area contributed by atoms with Crippen molar-refractivity contribution in [2.75, 3.05) is 6.61 Å². The summed E-state index contributed by atoms with van der Waals surface area (Å²) in [6.45, 7) is 2.17. The van der Waals surface area contributed by atoms with Crippen LogP contribution in [0.5, 0.6) is 0 Å². The maximum Gasteiger partial charge on any atom is 0.355 e. The molecule has 21 heavy (non-hydrogen) atoms. The Morgan fingerprint density at radius 1 is 1.38 bits per heavy atom. The number of esters is 1. The van der Waals surface area contributed by atoms with Crippen molar-refractivity contribution in [3.8, 4) is 0 Å². The van der Waals surface area contributed by atoms with Gasteiger partial charge in [-0.05, 0) is 43.7 Å². The Balaban J connectivity index is 2.08. The third-order valence-electron chi connectivity index (χ3n) is 4.28. The van der Waals surface area contributed by atoms with E-state index in [0.717, 1.165) is 35.7 Å². The van der Waals surface area contributed by atoms with Crippen LogP contribution in [0.3, 0.4) is 0 Å². The van der Waals surface area contributed by atoms with Crippen LogP contribution in [0.25, 0.3) is 10.9 Å². The molecule has 0 amide bonds. The van der Waals surface area contributed by atoms with E-state index in [-0.39, 0.29) is 18.0 Å². The van der Waals surface area contributed by atoms with Gasteiger partial charge in [0.1, 0.15) is 5.69 Å². The lowest BCUT2D eigenvalue weighted by atomic mass is 9.81. The molecule has 1 aromatic carbocycles. The standard InChI is InChI=1S/C17H21NO3/c1-2-21-17(20)16-15(11-6-5-7-12(19)10-11)13-8-3-4-9-14(13)18-16/h3-4,8-9,11-12,18-19H,2,5-7,10H2,1H3. The fourth-order valence-electron chi connectivity index (χ4n) is 3.38. The molecule has 0 spiro atoms. The molecule has 1 aliphatic rings. The van der Waals surface area contributed by atoms with Crippen LogP contribution in [0.1, 0.15) is 54.6 Å². The molecule has 0 saturated heterocycles. The molecule has 0 aliphatic heterocycles.